The number of carbonyl (C=O) groups is 1. The lowest BCUT2D eigenvalue weighted by atomic mass is 9.92. The van der Waals surface area contributed by atoms with Crippen molar-refractivity contribution >= 4 is 33.3 Å². The number of thiophene rings is 1. The van der Waals surface area contributed by atoms with E-state index in [0.29, 0.717) is 6.54 Å². The molecule has 1 aromatic heterocycles. The summed E-state index contributed by atoms with van der Waals surface area (Å²) in [7, 11) is -3.78. The Labute approximate surface area is 212 Å². The third kappa shape index (κ3) is 6.10. The minimum atomic E-state index is -3.78. The van der Waals surface area contributed by atoms with Crippen molar-refractivity contribution in [3.63, 3.8) is 0 Å². The molecule has 3 aromatic rings. The molecule has 0 N–H and O–H groups in total. The molecule has 35 heavy (non-hydrogen) atoms. The van der Waals surface area contributed by atoms with Crippen LogP contribution >= 0.6 is 11.3 Å². The molecule has 0 saturated heterocycles. The molecule has 4 rings (SSSR count). The van der Waals surface area contributed by atoms with E-state index in [1.165, 1.54) is 14.6 Å². The number of nitrogens with zero attached hydrogens (tertiary/aromatic N) is 2. The third-order valence-electron chi connectivity index (χ3n) is 6.15. The summed E-state index contributed by atoms with van der Waals surface area (Å²) < 4.78 is 27.9. The summed E-state index contributed by atoms with van der Waals surface area (Å²) in [5.41, 5.74) is 4.14. The molecule has 1 aliphatic heterocycles. The van der Waals surface area contributed by atoms with Crippen molar-refractivity contribution in [1.29, 1.82) is 0 Å². The summed E-state index contributed by atoms with van der Waals surface area (Å²) in [6.45, 7) is 6.63. The Balaban J connectivity index is 1.61. The third-order valence-corrected chi connectivity index (χ3v) is 8.63. The summed E-state index contributed by atoms with van der Waals surface area (Å²) in [5.74, 6) is -0.0924. The Bertz CT molecular complexity index is 1280. The van der Waals surface area contributed by atoms with Crippen molar-refractivity contribution in [2.75, 3.05) is 19.6 Å². The second-order valence-electron chi connectivity index (χ2n) is 9.39. The average molecular weight is 509 g/mol. The van der Waals surface area contributed by atoms with Crippen LogP contribution in [0.25, 0.3) is 6.08 Å². The summed E-state index contributed by atoms with van der Waals surface area (Å²) in [6.07, 6.45) is 2.37. The van der Waals surface area contributed by atoms with Gasteiger partial charge >= 0.3 is 0 Å². The molecule has 0 radical (unpaired) electrons. The van der Waals surface area contributed by atoms with E-state index in [1.54, 1.807) is 17.4 Å². The minimum Gasteiger partial charge on any atom is -0.330 e. The quantitative estimate of drug-likeness (QED) is 0.404. The molecule has 0 saturated carbocycles. The molecule has 1 aliphatic rings. The zero-order valence-electron chi connectivity index (χ0n) is 20.4. The summed E-state index contributed by atoms with van der Waals surface area (Å²) >= 11 is 1.72. The highest BCUT2D eigenvalue weighted by Crippen LogP contribution is 2.38. The average Bonchev–Trinajstić information content (AvgIpc) is 3.32. The van der Waals surface area contributed by atoms with Crippen LogP contribution in [0.5, 0.6) is 0 Å². The van der Waals surface area contributed by atoms with Gasteiger partial charge in [0, 0.05) is 23.4 Å². The van der Waals surface area contributed by atoms with Crippen LogP contribution in [0.2, 0.25) is 0 Å². The molecular weight excluding hydrogens is 476 g/mol. The first-order chi connectivity index (χ1) is 16.7. The summed E-state index contributed by atoms with van der Waals surface area (Å²) in [6, 6.07) is 19.4. The summed E-state index contributed by atoms with van der Waals surface area (Å²) in [4.78, 5) is 16.8. The Hall–Kier alpha value is -2.74. The number of aryl methyl sites for hydroxylation is 1. The van der Waals surface area contributed by atoms with Gasteiger partial charge in [-0.3, -0.25) is 4.79 Å². The van der Waals surface area contributed by atoms with Gasteiger partial charge in [-0.05, 0) is 53.5 Å². The lowest BCUT2D eigenvalue weighted by Crippen LogP contribution is -2.47. The van der Waals surface area contributed by atoms with Crippen LogP contribution in [-0.4, -0.2) is 43.2 Å². The van der Waals surface area contributed by atoms with Gasteiger partial charge < -0.3 is 4.90 Å². The molecule has 184 valence electrons. The number of fused-ring (bicyclic) bond motifs is 1. The second kappa shape index (κ2) is 10.9. The Morgan fingerprint density at radius 2 is 1.83 bits per heavy atom. The van der Waals surface area contributed by atoms with Gasteiger partial charge in [-0.1, -0.05) is 74.0 Å². The fourth-order valence-corrected chi connectivity index (χ4v) is 6.62. The maximum Gasteiger partial charge on any atom is 0.238 e. The van der Waals surface area contributed by atoms with E-state index in [0.717, 1.165) is 28.7 Å². The van der Waals surface area contributed by atoms with Gasteiger partial charge in [-0.15, -0.1) is 11.3 Å². The van der Waals surface area contributed by atoms with E-state index < -0.39 is 10.0 Å². The number of benzene rings is 2. The number of rotatable bonds is 8. The van der Waals surface area contributed by atoms with Crippen LogP contribution in [-0.2, 0) is 21.2 Å². The van der Waals surface area contributed by atoms with Crippen molar-refractivity contribution in [1.82, 2.24) is 9.21 Å². The SMILES string of the molecule is Cc1ccc(C2c3ccsc3CCN2C(=O)CN(CC(C)C)S(=O)(=O)/C=C/c2ccccc2)cc1. The first-order valence-electron chi connectivity index (χ1n) is 11.9. The molecule has 0 spiro atoms. The highest BCUT2D eigenvalue weighted by atomic mass is 32.2. The zero-order valence-corrected chi connectivity index (χ0v) is 22.1. The normalized spacial score (nSPS) is 16.3. The lowest BCUT2D eigenvalue weighted by molar-refractivity contribution is -0.133. The van der Waals surface area contributed by atoms with Crippen LogP contribution in [0.3, 0.4) is 0 Å². The van der Waals surface area contributed by atoms with Crippen LogP contribution in [0.15, 0.2) is 71.5 Å². The van der Waals surface area contributed by atoms with Gasteiger partial charge in [0.15, 0.2) is 0 Å². The number of hydrogen-bond donors (Lipinski definition) is 0. The smallest absolute Gasteiger partial charge is 0.238 e. The number of carbonyl (C=O) groups excluding carboxylic acids is 1. The molecule has 2 aromatic carbocycles. The molecule has 2 heterocycles. The predicted octanol–water partition coefficient (Wildman–Crippen LogP) is 5.49. The fraction of sp³-hybridized carbons (Fsp3) is 0.321. The van der Waals surface area contributed by atoms with Crippen LogP contribution in [0.4, 0.5) is 0 Å². The molecule has 0 bridgehead atoms. The van der Waals surface area contributed by atoms with E-state index in [4.69, 9.17) is 0 Å². The van der Waals surface area contributed by atoms with Crippen molar-refractivity contribution in [3.8, 4) is 0 Å². The van der Waals surface area contributed by atoms with Crippen LogP contribution in [0.1, 0.15) is 47.0 Å². The first-order valence-corrected chi connectivity index (χ1v) is 14.3. The zero-order chi connectivity index (χ0) is 25.0. The van der Waals surface area contributed by atoms with Crippen molar-refractivity contribution < 1.29 is 13.2 Å². The van der Waals surface area contributed by atoms with E-state index in [-0.39, 0.29) is 31.0 Å². The van der Waals surface area contributed by atoms with Crippen molar-refractivity contribution in [2.45, 2.75) is 33.2 Å². The van der Waals surface area contributed by atoms with Crippen molar-refractivity contribution in [3.05, 3.63) is 98.6 Å². The Morgan fingerprint density at radius 1 is 1.11 bits per heavy atom. The Kier molecular flexibility index (Phi) is 7.89. The number of sulfonamides is 1. The van der Waals surface area contributed by atoms with Gasteiger partial charge in [0.1, 0.15) is 0 Å². The van der Waals surface area contributed by atoms with Gasteiger partial charge in [-0.25, -0.2) is 8.42 Å². The van der Waals surface area contributed by atoms with Crippen LogP contribution in [0, 0.1) is 12.8 Å². The molecule has 1 unspecified atom stereocenters. The number of amides is 1. The molecular formula is C28H32N2O3S2. The maximum absolute atomic E-state index is 13.7. The van der Waals surface area contributed by atoms with Gasteiger partial charge in [-0.2, -0.15) is 4.31 Å². The van der Waals surface area contributed by atoms with Gasteiger partial charge in [0.25, 0.3) is 0 Å². The fourth-order valence-electron chi connectivity index (χ4n) is 4.42. The monoisotopic (exact) mass is 508 g/mol. The van der Waals surface area contributed by atoms with Crippen molar-refractivity contribution in [2.24, 2.45) is 5.92 Å². The molecule has 0 fully saturated rings. The maximum atomic E-state index is 13.7. The topological polar surface area (TPSA) is 57.7 Å². The molecule has 0 aliphatic carbocycles. The standard InChI is InChI=1S/C28H32N2O3S2/c1-21(2)19-29(35(32,33)18-15-23-7-5-4-6-8-23)20-27(31)30-16-13-26-25(14-17-34-26)28(30)24-11-9-22(3)10-12-24/h4-12,14-15,17-18,21,28H,13,16,19-20H2,1-3H3/b18-15+. The largest absolute Gasteiger partial charge is 0.330 e. The molecule has 1 amide bonds. The number of hydrogen-bond acceptors (Lipinski definition) is 4. The van der Waals surface area contributed by atoms with E-state index in [1.807, 2.05) is 56.0 Å². The molecule has 1 atom stereocenters. The highest BCUT2D eigenvalue weighted by molar-refractivity contribution is 7.92. The van der Waals surface area contributed by atoms with E-state index >= 15 is 0 Å². The van der Waals surface area contributed by atoms with Crippen LogP contribution < -0.4 is 0 Å². The van der Waals surface area contributed by atoms with Gasteiger partial charge in [0.05, 0.1) is 12.6 Å². The van der Waals surface area contributed by atoms with E-state index in [9.17, 15) is 13.2 Å². The minimum absolute atomic E-state index is 0.0837. The molecule has 7 heteroatoms. The molecule has 5 nitrogen and oxygen atoms in total. The Morgan fingerprint density at radius 3 is 2.51 bits per heavy atom. The van der Waals surface area contributed by atoms with E-state index in [2.05, 4.69) is 35.7 Å². The lowest BCUT2D eigenvalue weighted by Gasteiger charge is -2.37. The summed E-state index contributed by atoms with van der Waals surface area (Å²) in [5, 5.41) is 3.28. The second-order valence-corrected chi connectivity index (χ2v) is 12.2. The van der Waals surface area contributed by atoms with Gasteiger partial charge in [0.2, 0.25) is 15.9 Å². The predicted molar refractivity (Wildman–Crippen MR) is 144 cm³/mol. The highest BCUT2D eigenvalue weighted by Gasteiger charge is 2.35. The first kappa shape index (κ1) is 25.4.